The lowest BCUT2D eigenvalue weighted by Crippen LogP contribution is -2.45. The molecule has 80 valence electrons. The lowest BCUT2D eigenvalue weighted by atomic mass is 9.91. The zero-order chi connectivity index (χ0) is 11.2. The molecule has 1 fully saturated rings. The predicted molar refractivity (Wildman–Crippen MR) is 56.9 cm³/mol. The summed E-state index contributed by atoms with van der Waals surface area (Å²) in [7, 11) is 0. The van der Waals surface area contributed by atoms with Crippen molar-refractivity contribution in [2.45, 2.75) is 26.3 Å². The first-order valence-electron chi connectivity index (χ1n) is 5.16. The monoisotopic (exact) mass is 205 g/mol. The molecule has 0 N–H and O–H groups in total. The Morgan fingerprint density at radius 2 is 1.40 bits per heavy atom. The van der Waals surface area contributed by atoms with Crippen LogP contribution in [0.15, 0.2) is 24.3 Å². The number of rotatable bonds is 0. The van der Waals surface area contributed by atoms with Crippen molar-refractivity contribution >= 4 is 11.8 Å². The van der Waals surface area contributed by atoms with Crippen LogP contribution in [0.5, 0.6) is 0 Å². The van der Waals surface area contributed by atoms with Gasteiger partial charge in [-0.3, -0.25) is 14.5 Å². The number of carbonyl (C=O) groups excluding carboxylic acids is 2. The van der Waals surface area contributed by atoms with E-state index >= 15 is 0 Å². The van der Waals surface area contributed by atoms with Crippen molar-refractivity contribution in [2.24, 2.45) is 11.8 Å². The quantitative estimate of drug-likeness (QED) is 0.562. The van der Waals surface area contributed by atoms with Gasteiger partial charge in [0.05, 0.1) is 11.8 Å². The van der Waals surface area contributed by atoms with Crippen LogP contribution in [-0.4, -0.2) is 22.3 Å². The SMILES string of the molecule is CC(C)(C)N1C(=O)C2C=CC=CC2C1=O. The second kappa shape index (κ2) is 3.05. The van der Waals surface area contributed by atoms with E-state index in [2.05, 4.69) is 0 Å². The van der Waals surface area contributed by atoms with Gasteiger partial charge in [0.15, 0.2) is 0 Å². The largest absolute Gasteiger partial charge is 0.276 e. The number of fused-ring (bicyclic) bond motifs is 1. The average Bonchev–Trinajstić information content (AvgIpc) is 2.39. The first-order valence-corrected chi connectivity index (χ1v) is 5.16. The van der Waals surface area contributed by atoms with Gasteiger partial charge in [0.1, 0.15) is 0 Å². The van der Waals surface area contributed by atoms with E-state index in [1.54, 1.807) is 0 Å². The Morgan fingerprint density at radius 1 is 1.00 bits per heavy atom. The van der Waals surface area contributed by atoms with Crippen molar-refractivity contribution in [3.63, 3.8) is 0 Å². The minimum Gasteiger partial charge on any atom is -0.276 e. The number of amides is 2. The summed E-state index contributed by atoms with van der Waals surface area (Å²) in [4.78, 5) is 25.4. The van der Waals surface area contributed by atoms with Gasteiger partial charge in [0.2, 0.25) is 11.8 Å². The van der Waals surface area contributed by atoms with Crippen molar-refractivity contribution < 1.29 is 9.59 Å². The van der Waals surface area contributed by atoms with Gasteiger partial charge in [-0.15, -0.1) is 0 Å². The first-order chi connectivity index (χ1) is 6.93. The third-order valence-corrected chi connectivity index (χ3v) is 2.82. The Bertz CT molecular complexity index is 344. The Morgan fingerprint density at radius 3 is 1.73 bits per heavy atom. The number of hydrogen-bond acceptors (Lipinski definition) is 2. The molecule has 2 atom stereocenters. The van der Waals surface area contributed by atoms with E-state index in [1.807, 2.05) is 45.1 Å². The Balaban J connectivity index is 2.39. The molecule has 1 aliphatic heterocycles. The van der Waals surface area contributed by atoms with Gasteiger partial charge in [-0.05, 0) is 20.8 Å². The van der Waals surface area contributed by atoms with Crippen molar-refractivity contribution in [1.29, 1.82) is 0 Å². The zero-order valence-electron chi connectivity index (χ0n) is 9.23. The number of likely N-dealkylation sites (tertiary alicyclic amines) is 1. The van der Waals surface area contributed by atoms with E-state index < -0.39 is 5.54 Å². The maximum atomic E-state index is 12.0. The highest BCUT2D eigenvalue weighted by atomic mass is 16.2. The van der Waals surface area contributed by atoms with E-state index in [9.17, 15) is 9.59 Å². The minimum absolute atomic E-state index is 0.0712. The molecule has 0 aromatic carbocycles. The highest BCUT2D eigenvalue weighted by Gasteiger charge is 2.49. The van der Waals surface area contributed by atoms with E-state index in [0.717, 1.165) is 0 Å². The molecule has 2 rings (SSSR count). The highest BCUT2D eigenvalue weighted by molar-refractivity contribution is 6.07. The van der Waals surface area contributed by atoms with Crippen molar-refractivity contribution in [1.82, 2.24) is 4.90 Å². The Labute approximate surface area is 89.4 Å². The van der Waals surface area contributed by atoms with Gasteiger partial charge in [-0.2, -0.15) is 0 Å². The fourth-order valence-electron chi connectivity index (χ4n) is 2.15. The fraction of sp³-hybridized carbons (Fsp3) is 0.500. The molecular weight excluding hydrogens is 190 g/mol. The number of nitrogens with zero attached hydrogens (tertiary/aromatic N) is 1. The van der Waals surface area contributed by atoms with Crippen LogP contribution in [0.1, 0.15) is 20.8 Å². The number of allylic oxidation sites excluding steroid dienone is 2. The van der Waals surface area contributed by atoms with Gasteiger partial charge in [0.25, 0.3) is 0 Å². The van der Waals surface area contributed by atoms with Crippen LogP contribution in [0.4, 0.5) is 0 Å². The summed E-state index contributed by atoms with van der Waals surface area (Å²) in [5.41, 5.74) is -0.423. The van der Waals surface area contributed by atoms with Crippen LogP contribution in [0.3, 0.4) is 0 Å². The summed E-state index contributed by atoms with van der Waals surface area (Å²) in [6, 6.07) is 0. The van der Waals surface area contributed by atoms with Gasteiger partial charge in [0, 0.05) is 5.54 Å². The summed E-state index contributed by atoms with van der Waals surface area (Å²) in [5.74, 6) is -0.695. The first kappa shape index (κ1) is 10.1. The molecule has 0 bridgehead atoms. The van der Waals surface area contributed by atoms with Crippen LogP contribution in [0, 0.1) is 11.8 Å². The molecule has 15 heavy (non-hydrogen) atoms. The number of hydrogen-bond donors (Lipinski definition) is 0. The van der Waals surface area contributed by atoms with E-state index in [-0.39, 0.29) is 23.7 Å². The van der Waals surface area contributed by atoms with Crippen LogP contribution in [-0.2, 0) is 9.59 Å². The molecule has 3 nitrogen and oxygen atoms in total. The summed E-state index contributed by atoms with van der Waals surface area (Å²) in [6.07, 6.45) is 7.30. The van der Waals surface area contributed by atoms with E-state index in [1.165, 1.54) is 4.90 Å². The van der Waals surface area contributed by atoms with Gasteiger partial charge in [-0.1, -0.05) is 24.3 Å². The van der Waals surface area contributed by atoms with Crippen LogP contribution < -0.4 is 0 Å². The molecule has 0 aromatic rings. The lowest BCUT2D eigenvalue weighted by Gasteiger charge is -2.30. The topological polar surface area (TPSA) is 37.4 Å². The summed E-state index contributed by atoms with van der Waals surface area (Å²) in [6.45, 7) is 5.65. The third kappa shape index (κ3) is 1.42. The summed E-state index contributed by atoms with van der Waals surface area (Å²) in [5, 5.41) is 0. The van der Waals surface area contributed by atoms with Crippen LogP contribution in [0.25, 0.3) is 0 Å². The van der Waals surface area contributed by atoms with Crippen LogP contribution in [0.2, 0.25) is 0 Å². The molecular formula is C12H15NO2. The Kier molecular flexibility index (Phi) is 2.07. The van der Waals surface area contributed by atoms with Crippen molar-refractivity contribution in [2.75, 3.05) is 0 Å². The smallest absolute Gasteiger partial charge is 0.237 e. The molecule has 1 saturated heterocycles. The lowest BCUT2D eigenvalue weighted by molar-refractivity contribution is -0.144. The molecule has 0 aromatic heterocycles. The molecule has 0 spiro atoms. The zero-order valence-corrected chi connectivity index (χ0v) is 9.23. The summed E-state index contributed by atoms with van der Waals surface area (Å²) < 4.78 is 0. The predicted octanol–water partition coefficient (Wildman–Crippen LogP) is 1.51. The third-order valence-electron chi connectivity index (χ3n) is 2.82. The maximum Gasteiger partial charge on any atom is 0.237 e. The highest BCUT2D eigenvalue weighted by Crippen LogP contribution is 2.34. The second-order valence-corrected chi connectivity index (χ2v) is 5.00. The number of imide groups is 1. The van der Waals surface area contributed by atoms with Crippen LogP contribution >= 0.6 is 0 Å². The van der Waals surface area contributed by atoms with Crippen molar-refractivity contribution in [3.8, 4) is 0 Å². The fourth-order valence-corrected chi connectivity index (χ4v) is 2.15. The maximum absolute atomic E-state index is 12.0. The summed E-state index contributed by atoms with van der Waals surface area (Å²) >= 11 is 0. The standard InChI is InChI=1S/C12H15NO2/c1-12(2,3)13-10(14)8-6-4-5-7-9(8)11(13)15/h4-9H,1-3H3. The Hall–Kier alpha value is -1.38. The average molecular weight is 205 g/mol. The minimum atomic E-state index is -0.423. The van der Waals surface area contributed by atoms with E-state index in [0.29, 0.717) is 0 Å². The molecule has 2 unspecified atom stereocenters. The molecule has 0 saturated carbocycles. The normalized spacial score (nSPS) is 29.9. The van der Waals surface area contributed by atoms with Gasteiger partial charge < -0.3 is 0 Å². The number of carbonyl (C=O) groups is 2. The molecule has 0 radical (unpaired) electrons. The molecule has 1 heterocycles. The second-order valence-electron chi connectivity index (χ2n) is 5.00. The molecule has 1 aliphatic carbocycles. The molecule has 2 amide bonds. The van der Waals surface area contributed by atoms with E-state index in [4.69, 9.17) is 0 Å². The molecule has 2 aliphatic rings. The van der Waals surface area contributed by atoms with Crippen molar-refractivity contribution in [3.05, 3.63) is 24.3 Å². The molecule has 3 heteroatoms. The van der Waals surface area contributed by atoms with Gasteiger partial charge in [-0.25, -0.2) is 0 Å². The van der Waals surface area contributed by atoms with Gasteiger partial charge >= 0.3 is 0 Å².